The Morgan fingerprint density at radius 3 is 2.36 bits per heavy atom. The van der Waals surface area contributed by atoms with Gasteiger partial charge in [-0.3, -0.25) is 9.59 Å². The molecule has 0 radical (unpaired) electrons. The highest BCUT2D eigenvalue weighted by molar-refractivity contribution is 6.43. The summed E-state index contributed by atoms with van der Waals surface area (Å²) in [7, 11) is -0.141. The molecule has 2 aromatic rings. The number of benzene rings is 2. The van der Waals surface area contributed by atoms with Gasteiger partial charge in [0.1, 0.15) is 5.75 Å². The summed E-state index contributed by atoms with van der Waals surface area (Å²) in [6.45, 7) is 2.04. The Hall–Kier alpha value is -2.64. The summed E-state index contributed by atoms with van der Waals surface area (Å²) in [4.78, 5) is 24.4. The van der Waals surface area contributed by atoms with Gasteiger partial charge in [0, 0.05) is 18.4 Å². The van der Waals surface area contributed by atoms with Gasteiger partial charge in [-0.25, -0.2) is 0 Å². The van der Waals surface area contributed by atoms with Crippen LogP contribution in [0.1, 0.15) is 41.3 Å². The molecule has 0 spiro atoms. The van der Waals surface area contributed by atoms with E-state index in [0.29, 0.717) is 17.7 Å². The molecule has 28 heavy (non-hydrogen) atoms. The largest absolute Gasteiger partial charge is 0.497 e. The number of carbonyl (C=O) groups is 2. The molecule has 3 N–H and O–H groups in total. The Morgan fingerprint density at radius 1 is 1.07 bits per heavy atom. The molecule has 0 saturated carbocycles. The van der Waals surface area contributed by atoms with Gasteiger partial charge in [-0.05, 0) is 48.2 Å². The van der Waals surface area contributed by atoms with E-state index >= 15 is 0 Å². The summed E-state index contributed by atoms with van der Waals surface area (Å²) in [5.41, 5.74) is 2.55. The first-order valence-corrected chi connectivity index (χ1v) is 9.33. The molecule has 0 fully saturated rings. The normalized spacial score (nSPS) is 11.6. The Kier molecular flexibility index (Phi) is 8.23. The van der Waals surface area contributed by atoms with E-state index in [9.17, 15) is 19.6 Å². The standard InChI is InChI=1S/C21H26BNO5/c1-3-15-5-4-6-16(13-15)14-20(22(26)27)23-21(25)12-11-19(24)17-7-9-18(28-2)10-8-17/h4-10,13,20,26-27H,3,11-12,14H2,1-2H3,(H,23,25). The van der Waals surface area contributed by atoms with Gasteiger partial charge in [-0.2, -0.15) is 0 Å². The van der Waals surface area contributed by atoms with Gasteiger partial charge in [-0.1, -0.05) is 31.2 Å². The van der Waals surface area contributed by atoms with Crippen molar-refractivity contribution < 1.29 is 24.4 Å². The zero-order chi connectivity index (χ0) is 20.5. The van der Waals surface area contributed by atoms with Crippen molar-refractivity contribution in [1.29, 1.82) is 0 Å². The average Bonchev–Trinajstić information content (AvgIpc) is 2.71. The van der Waals surface area contributed by atoms with Crippen LogP contribution in [0.25, 0.3) is 0 Å². The molecule has 0 bridgehead atoms. The molecule has 0 saturated heterocycles. The minimum Gasteiger partial charge on any atom is -0.497 e. The summed E-state index contributed by atoms with van der Waals surface area (Å²) in [6.07, 6.45) is 1.19. The third kappa shape index (κ3) is 6.51. The number of hydrogen-bond donors (Lipinski definition) is 3. The van der Waals surface area contributed by atoms with Crippen molar-refractivity contribution >= 4 is 18.8 Å². The van der Waals surface area contributed by atoms with Crippen LogP contribution in [-0.4, -0.2) is 41.9 Å². The highest BCUT2D eigenvalue weighted by atomic mass is 16.5. The van der Waals surface area contributed by atoms with Crippen molar-refractivity contribution in [3.05, 3.63) is 65.2 Å². The van der Waals surface area contributed by atoms with E-state index < -0.39 is 19.0 Å². The number of aryl methyl sites for hydroxylation is 1. The van der Waals surface area contributed by atoms with Crippen molar-refractivity contribution in [3.8, 4) is 5.75 Å². The Balaban J connectivity index is 1.89. The van der Waals surface area contributed by atoms with E-state index in [-0.39, 0.29) is 18.6 Å². The molecule has 0 aliphatic heterocycles. The van der Waals surface area contributed by atoms with Gasteiger partial charge in [0.2, 0.25) is 5.91 Å². The molecule has 0 aliphatic carbocycles. The number of ketones is 1. The summed E-state index contributed by atoms with van der Waals surface area (Å²) >= 11 is 0. The van der Waals surface area contributed by atoms with Crippen molar-refractivity contribution in [3.63, 3.8) is 0 Å². The maximum Gasteiger partial charge on any atom is 0.475 e. The van der Waals surface area contributed by atoms with Gasteiger partial charge in [0.15, 0.2) is 5.78 Å². The molecule has 1 unspecified atom stereocenters. The van der Waals surface area contributed by atoms with Crippen LogP contribution in [0.4, 0.5) is 0 Å². The van der Waals surface area contributed by atoms with Crippen LogP contribution in [0.5, 0.6) is 5.75 Å². The number of carbonyl (C=O) groups excluding carboxylic acids is 2. The first-order valence-electron chi connectivity index (χ1n) is 9.33. The summed E-state index contributed by atoms with van der Waals surface area (Å²) in [5.74, 6) is -0.738. The lowest BCUT2D eigenvalue weighted by Gasteiger charge is -2.18. The first-order chi connectivity index (χ1) is 13.4. The third-order valence-corrected chi connectivity index (χ3v) is 4.55. The van der Waals surface area contributed by atoms with Crippen LogP contribution in [0, 0.1) is 0 Å². The number of methoxy groups -OCH3 is 1. The molecule has 0 aliphatic rings. The Morgan fingerprint density at radius 2 is 1.75 bits per heavy atom. The molecule has 0 heterocycles. The van der Waals surface area contributed by atoms with Crippen LogP contribution in [0.15, 0.2) is 48.5 Å². The number of amides is 1. The molecule has 2 aromatic carbocycles. The summed E-state index contributed by atoms with van der Waals surface area (Å²) < 4.78 is 5.05. The molecule has 1 amide bonds. The second kappa shape index (κ2) is 10.6. The zero-order valence-electron chi connectivity index (χ0n) is 16.2. The van der Waals surface area contributed by atoms with Gasteiger partial charge >= 0.3 is 7.12 Å². The van der Waals surface area contributed by atoms with Crippen LogP contribution in [0.3, 0.4) is 0 Å². The minimum atomic E-state index is -1.69. The van der Waals surface area contributed by atoms with Crippen LogP contribution in [-0.2, 0) is 17.6 Å². The van der Waals surface area contributed by atoms with Crippen molar-refractivity contribution in [2.24, 2.45) is 0 Å². The zero-order valence-corrected chi connectivity index (χ0v) is 16.2. The lowest BCUT2D eigenvalue weighted by molar-refractivity contribution is -0.121. The molecule has 0 aromatic heterocycles. The van der Waals surface area contributed by atoms with Crippen molar-refractivity contribution in [2.75, 3.05) is 7.11 Å². The van der Waals surface area contributed by atoms with E-state index in [2.05, 4.69) is 5.32 Å². The molecule has 1 atom stereocenters. The number of hydrogen-bond acceptors (Lipinski definition) is 5. The van der Waals surface area contributed by atoms with E-state index in [1.54, 1.807) is 31.4 Å². The smallest absolute Gasteiger partial charge is 0.475 e. The van der Waals surface area contributed by atoms with Gasteiger partial charge in [0.25, 0.3) is 0 Å². The highest BCUT2D eigenvalue weighted by Gasteiger charge is 2.25. The maximum atomic E-state index is 12.2. The second-order valence-electron chi connectivity index (χ2n) is 6.62. The monoisotopic (exact) mass is 383 g/mol. The Labute approximate surface area is 165 Å². The van der Waals surface area contributed by atoms with Crippen LogP contribution >= 0.6 is 0 Å². The predicted octanol–water partition coefficient (Wildman–Crippen LogP) is 1.96. The second-order valence-corrected chi connectivity index (χ2v) is 6.62. The molecular weight excluding hydrogens is 357 g/mol. The highest BCUT2D eigenvalue weighted by Crippen LogP contribution is 2.14. The predicted molar refractivity (Wildman–Crippen MR) is 108 cm³/mol. The van der Waals surface area contributed by atoms with E-state index in [4.69, 9.17) is 4.74 Å². The number of ether oxygens (including phenoxy) is 1. The molecular formula is C21H26BNO5. The summed E-state index contributed by atoms with van der Waals surface area (Å²) in [5, 5.41) is 21.8. The number of rotatable bonds is 10. The molecule has 2 rings (SSSR count). The Bertz CT molecular complexity index is 792. The quantitative estimate of drug-likeness (QED) is 0.431. The molecule has 7 heteroatoms. The molecule has 148 valence electrons. The lowest BCUT2D eigenvalue weighted by atomic mass is 9.75. The minimum absolute atomic E-state index is 0.0247. The van der Waals surface area contributed by atoms with Gasteiger partial charge < -0.3 is 20.1 Å². The SMILES string of the molecule is CCc1cccc(CC(NC(=O)CCC(=O)c2ccc(OC)cc2)B(O)O)c1. The fraction of sp³-hybridized carbons (Fsp3) is 0.333. The van der Waals surface area contributed by atoms with Crippen molar-refractivity contribution in [1.82, 2.24) is 5.32 Å². The fourth-order valence-corrected chi connectivity index (χ4v) is 2.89. The first kappa shape index (κ1) is 21.7. The maximum absolute atomic E-state index is 12.2. The van der Waals surface area contributed by atoms with E-state index in [1.807, 2.05) is 31.2 Å². The van der Waals surface area contributed by atoms with Gasteiger partial charge in [-0.15, -0.1) is 0 Å². The number of Topliss-reactive ketones (excluding diaryl/α,β-unsaturated/α-hetero) is 1. The van der Waals surface area contributed by atoms with Crippen LogP contribution < -0.4 is 10.1 Å². The van der Waals surface area contributed by atoms with E-state index in [1.165, 1.54) is 0 Å². The lowest BCUT2D eigenvalue weighted by Crippen LogP contribution is -2.47. The number of nitrogens with one attached hydrogen (secondary N) is 1. The van der Waals surface area contributed by atoms with Crippen molar-refractivity contribution in [2.45, 2.75) is 38.5 Å². The summed E-state index contributed by atoms with van der Waals surface area (Å²) in [6, 6.07) is 14.5. The topological polar surface area (TPSA) is 95.9 Å². The third-order valence-electron chi connectivity index (χ3n) is 4.55. The fourth-order valence-electron chi connectivity index (χ4n) is 2.89. The van der Waals surface area contributed by atoms with Gasteiger partial charge in [0.05, 0.1) is 13.1 Å². The van der Waals surface area contributed by atoms with Crippen LogP contribution in [0.2, 0.25) is 0 Å². The average molecular weight is 383 g/mol. The molecule has 6 nitrogen and oxygen atoms in total. The van der Waals surface area contributed by atoms with E-state index in [0.717, 1.165) is 17.5 Å².